The average molecular weight is 547 g/mol. The number of carbonyl (C=O) groups excluding carboxylic acids is 2. The largest absolute Gasteiger partial charge is 0.457 e. The lowest BCUT2D eigenvalue weighted by Crippen LogP contribution is -2.78. The van der Waals surface area contributed by atoms with Crippen LogP contribution in [0.15, 0.2) is 41.5 Å². The molecule has 10 unspecified atom stereocenters. The van der Waals surface area contributed by atoms with Gasteiger partial charge in [0.15, 0.2) is 5.60 Å². The summed E-state index contributed by atoms with van der Waals surface area (Å²) < 4.78 is 18.0. The summed E-state index contributed by atoms with van der Waals surface area (Å²) in [6.07, 6.45) is -7.95. The van der Waals surface area contributed by atoms with E-state index in [0.29, 0.717) is 5.57 Å². The Hall–Kier alpha value is -2.34. The minimum atomic E-state index is -1.73. The van der Waals surface area contributed by atoms with Crippen molar-refractivity contribution in [3.05, 3.63) is 47.0 Å². The lowest BCUT2D eigenvalue weighted by Gasteiger charge is -2.65. The highest BCUT2D eigenvalue weighted by Gasteiger charge is 2.78. The van der Waals surface area contributed by atoms with Crippen molar-refractivity contribution in [2.24, 2.45) is 16.7 Å². The van der Waals surface area contributed by atoms with Crippen molar-refractivity contribution in [1.82, 2.24) is 0 Å². The molecule has 1 aromatic carbocycles. The van der Waals surface area contributed by atoms with Gasteiger partial charge in [0.1, 0.15) is 18.3 Å². The van der Waals surface area contributed by atoms with Gasteiger partial charge < -0.3 is 39.7 Å². The summed E-state index contributed by atoms with van der Waals surface area (Å²) in [6.45, 7) is 7.30. The molecule has 5 N–H and O–H groups in total. The number of aliphatic hydroxyl groups is 5. The lowest BCUT2D eigenvalue weighted by molar-refractivity contribution is -0.351. The first kappa shape index (κ1) is 28.2. The van der Waals surface area contributed by atoms with Crippen LogP contribution in [0.1, 0.15) is 57.8 Å². The van der Waals surface area contributed by atoms with Gasteiger partial charge in [-0.2, -0.15) is 0 Å². The number of hydrogen-bond acceptors (Lipinski definition) is 10. The number of hydrogen-bond donors (Lipinski definition) is 5. The fraction of sp³-hybridized carbons (Fsp3) is 0.655. The van der Waals surface area contributed by atoms with E-state index in [1.54, 1.807) is 44.2 Å². The molecule has 214 valence electrons. The molecule has 0 spiro atoms. The van der Waals surface area contributed by atoms with Crippen LogP contribution >= 0.6 is 0 Å². The molecule has 0 aromatic heterocycles. The Morgan fingerprint density at radius 3 is 2.28 bits per heavy atom. The Kier molecular flexibility index (Phi) is 6.57. The predicted molar refractivity (Wildman–Crippen MR) is 136 cm³/mol. The molecular formula is C29H38O10. The van der Waals surface area contributed by atoms with Gasteiger partial charge in [-0.25, -0.2) is 4.79 Å². The maximum absolute atomic E-state index is 13.7. The van der Waals surface area contributed by atoms with Gasteiger partial charge in [0.25, 0.3) is 0 Å². The van der Waals surface area contributed by atoms with Crippen molar-refractivity contribution in [2.45, 2.75) is 95.3 Å². The number of carbonyl (C=O) groups is 2. The standard InChI is InChI=1S/C29H38O10/c1-14-17(31)12-28(26(3,4)36)20(14)21(33)23(34)27(5)18(32)11-19-29(13-37-19,39-15(2)30)22(27)24(28)38-25(35)16-9-7-6-8-10-16/h6-10,17-19,21-24,31-34,36H,11-13H2,1-5H3. The van der Waals surface area contributed by atoms with Gasteiger partial charge in [0.2, 0.25) is 0 Å². The molecule has 1 aliphatic heterocycles. The maximum atomic E-state index is 13.7. The van der Waals surface area contributed by atoms with Crippen molar-refractivity contribution in [3.63, 3.8) is 0 Å². The van der Waals surface area contributed by atoms with Gasteiger partial charge >= 0.3 is 11.9 Å². The summed E-state index contributed by atoms with van der Waals surface area (Å²) in [5.41, 5.74) is -5.68. The average Bonchev–Trinajstić information content (AvgIpc) is 3.11. The molecule has 10 heteroatoms. The van der Waals surface area contributed by atoms with E-state index < -0.39 is 76.5 Å². The molecular weight excluding hydrogens is 508 g/mol. The van der Waals surface area contributed by atoms with Crippen LogP contribution in [0.2, 0.25) is 0 Å². The number of rotatable bonds is 4. The zero-order valence-corrected chi connectivity index (χ0v) is 22.8. The molecule has 3 fully saturated rings. The van der Waals surface area contributed by atoms with Crippen molar-refractivity contribution in [3.8, 4) is 0 Å². The van der Waals surface area contributed by atoms with E-state index in [-0.39, 0.29) is 30.6 Å². The van der Waals surface area contributed by atoms with E-state index in [1.165, 1.54) is 20.8 Å². The number of fused-ring (bicyclic) bond motifs is 4. The van der Waals surface area contributed by atoms with E-state index in [1.807, 2.05) is 0 Å². The minimum absolute atomic E-state index is 0.000412. The number of esters is 2. The Balaban J connectivity index is 1.83. The highest BCUT2D eigenvalue weighted by atomic mass is 16.6. The number of benzene rings is 1. The highest BCUT2D eigenvalue weighted by molar-refractivity contribution is 5.89. The van der Waals surface area contributed by atoms with Gasteiger partial charge in [0.05, 0.1) is 47.4 Å². The molecule has 4 aliphatic rings. The first-order chi connectivity index (χ1) is 18.1. The van der Waals surface area contributed by atoms with Crippen molar-refractivity contribution < 1.29 is 49.3 Å². The molecule has 10 atom stereocenters. The quantitative estimate of drug-likeness (QED) is 0.271. The molecule has 0 amide bonds. The summed E-state index contributed by atoms with van der Waals surface area (Å²) in [5.74, 6) is -2.52. The Morgan fingerprint density at radius 2 is 1.74 bits per heavy atom. The summed E-state index contributed by atoms with van der Waals surface area (Å²) in [7, 11) is 0. The zero-order valence-electron chi connectivity index (χ0n) is 22.8. The second-order valence-corrected chi connectivity index (χ2v) is 12.4. The molecule has 39 heavy (non-hydrogen) atoms. The van der Waals surface area contributed by atoms with Crippen LogP contribution in [-0.4, -0.2) is 91.9 Å². The van der Waals surface area contributed by atoms with Gasteiger partial charge in [-0.1, -0.05) is 25.1 Å². The van der Waals surface area contributed by atoms with Crippen molar-refractivity contribution in [1.29, 1.82) is 0 Å². The first-order valence-corrected chi connectivity index (χ1v) is 13.4. The smallest absolute Gasteiger partial charge is 0.338 e. The number of ether oxygens (including phenoxy) is 3. The predicted octanol–water partition coefficient (Wildman–Crippen LogP) is 0.874. The van der Waals surface area contributed by atoms with Gasteiger partial charge in [0, 0.05) is 18.8 Å². The van der Waals surface area contributed by atoms with Crippen LogP contribution < -0.4 is 0 Å². The molecule has 3 aliphatic carbocycles. The van der Waals surface area contributed by atoms with E-state index in [2.05, 4.69) is 0 Å². The normalized spacial score (nSPS) is 43.4. The maximum Gasteiger partial charge on any atom is 0.338 e. The monoisotopic (exact) mass is 546 g/mol. The van der Waals surface area contributed by atoms with Crippen LogP contribution in [0.4, 0.5) is 0 Å². The van der Waals surface area contributed by atoms with Crippen LogP contribution in [-0.2, 0) is 19.0 Å². The summed E-state index contributed by atoms with van der Waals surface area (Å²) >= 11 is 0. The lowest BCUT2D eigenvalue weighted by atomic mass is 9.49. The molecule has 1 heterocycles. The minimum Gasteiger partial charge on any atom is -0.457 e. The molecule has 10 nitrogen and oxygen atoms in total. The van der Waals surface area contributed by atoms with E-state index in [4.69, 9.17) is 14.2 Å². The molecule has 1 saturated heterocycles. The third kappa shape index (κ3) is 3.69. The fourth-order valence-corrected chi connectivity index (χ4v) is 8.01. The number of aliphatic hydroxyl groups excluding tert-OH is 4. The van der Waals surface area contributed by atoms with Gasteiger partial charge in [-0.15, -0.1) is 0 Å². The van der Waals surface area contributed by atoms with Crippen LogP contribution in [0.3, 0.4) is 0 Å². The third-order valence-electron chi connectivity index (χ3n) is 10.0. The Labute approximate surface area is 227 Å². The molecule has 1 aromatic rings. The summed E-state index contributed by atoms with van der Waals surface area (Å²) in [5, 5.41) is 58.1. The second-order valence-electron chi connectivity index (χ2n) is 12.4. The fourth-order valence-electron chi connectivity index (χ4n) is 8.01. The van der Waals surface area contributed by atoms with Crippen molar-refractivity contribution in [2.75, 3.05) is 6.61 Å². The Bertz CT molecular complexity index is 1190. The summed E-state index contributed by atoms with van der Waals surface area (Å²) in [4.78, 5) is 26.2. The molecule has 5 rings (SSSR count). The van der Waals surface area contributed by atoms with E-state index >= 15 is 0 Å². The molecule has 0 radical (unpaired) electrons. The topological polar surface area (TPSA) is 163 Å². The van der Waals surface area contributed by atoms with Crippen LogP contribution in [0.5, 0.6) is 0 Å². The zero-order chi connectivity index (χ0) is 28.7. The summed E-state index contributed by atoms with van der Waals surface area (Å²) in [6, 6.07) is 8.21. The molecule has 2 saturated carbocycles. The van der Waals surface area contributed by atoms with Crippen molar-refractivity contribution >= 4 is 11.9 Å². The third-order valence-corrected chi connectivity index (χ3v) is 10.0. The van der Waals surface area contributed by atoms with Crippen LogP contribution in [0, 0.1) is 16.7 Å². The van der Waals surface area contributed by atoms with E-state index in [0.717, 1.165) is 0 Å². The first-order valence-electron chi connectivity index (χ1n) is 13.4. The van der Waals surface area contributed by atoms with Gasteiger partial charge in [-0.05, 0) is 50.5 Å². The second kappa shape index (κ2) is 9.09. The molecule has 0 bridgehead atoms. The Morgan fingerprint density at radius 1 is 1.10 bits per heavy atom. The van der Waals surface area contributed by atoms with Gasteiger partial charge in [-0.3, -0.25) is 4.79 Å². The van der Waals surface area contributed by atoms with E-state index in [9.17, 15) is 35.1 Å². The van der Waals surface area contributed by atoms with Crippen LogP contribution in [0.25, 0.3) is 0 Å². The SMILES string of the molecule is CC(=O)OC12COC1CC(O)C1(C)C(O)C(O)C3=C(C)C(O)CC3(C(C)(C)O)C(OC(=O)c3ccccc3)C21. The highest BCUT2D eigenvalue weighted by Crippen LogP contribution is 2.67.